The minimum atomic E-state index is -0.551. The van der Waals surface area contributed by atoms with Crippen LogP contribution in [0.3, 0.4) is 0 Å². The van der Waals surface area contributed by atoms with E-state index in [1.165, 1.54) is 0 Å². The van der Waals surface area contributed by atoms with Crippen molar-refractivity contribution in [2.45, 2.75) is 33.8 Å². The number of aryl methyl sites for hydroxylation is 3. The molecule has 0 spiro atoms. The lowest BCUT2D eigenvalue weighted by Gasteiger charge is -2.15. The van der Waals surface area contributed by atoms with Crippen LogP contribution in [-0.2, 0) is 0 Å². The van der Waals surface area contributed by atoms with Crippen LogP contribution in [0.4, 0.5) is 5.82 Å². The third-order valence-corrected chi connectivity index (χ3v) is 3.39. The normalized spacial score (nSPS) is 12.2. The zero-order valence-corrected chi connectivity index (χ0v) is 12.4. The van der Waals surface area contributed by atoms with E-state index in [2.05, 4.69) is 15.3 Å². The van der Waals surface area contributed by atoms with Crippen molar-refractivity contribution in [2.75, 3.05) is 11.9 Å². The number of hydrogen-bond donors (Lipinski definition) is 2. The third kappa shape index (κ3) is 3.33. The van der Waals surface area contributed by atoms with E-state index in [4.69, 9.17) is 0 Å². The van der Waals surface area contributed by atoms with Gasteiger partial charge in [0, 0.05) is 17.8 Å². The van der Waals surface area contributed by atoms with E-state index in [1.807, 2.05) is 52.0 Å². The molecule has 0 aliphatic rings. The Morgan fingerprint density at radius 2 is 1.90 bits per heavy atom. The number of aliphatic hydroxyl groups is 1. The van der Waals surface area contributed by atoms with Crippen molar-refractivity contribution in [3.63, 3.8) is 0 Å². The Hall–Kier alpha value is -1.94. The van der Waals surface area contributed by atoms with Crippen LogP contribution in [0, 0.1) is 27.7 Å². The van der Waals surface area contributed by atoms with Crippen LogP contribution < -0.4 is 5.32 Å². The molecule has 0 saturated carbocycles. The van der Waals surface area contributed by atoms with Crippen LogP contribution in [0.25, 0.3) is 0 Å². The minimum Gasteiger partial charge on any atom is -0.387 e. The van der Waals surface area contributed by atoms with Gasteiger partial charge in [0.1, 0.15) is 11.6 Å². The summed E-state index contributed by atoms with van der Waals surface area (Å²) in [7, 11) is 0. The van der Waals surface area contributed by atoms with Gasteiger partial charge in [-0.2, -0.15) is 0 Å². The van der Waals surface area contributed by atoms with Gasteiger partial charge < -0.3 is 10.4 Å². The second-order valence-corrected chi connectivity index (χ2v) is 5.14. The number of anilines is 1. The summed E-state index contributed by atoms with van der Waals surface area (Å²) in [6.45, 7) is 8.27. The van der Waals surface area contributed by atoms with E-state index in [1.54, 1.807) is 0 Å². The summed E-state index contributed by atoms with van der Waals surface area (Å²) in [5.41, 5.74) is 4.04. The zero-order chi connectivity index (χ0) is 14.7. The summed E-state index contributed by atoms with van der Waals surface area (Å²) >= 11 is 0. The molecule has 106 valence electrons. The van der Waals surface area contributed by atoms with Crippen LogP contribution in [0.5, 0.6) is 0 Å². The molecule has 20 heavy (non-hydrogen) atoms. The molecule has 0 radical (unpaired) electrons. The van der Waals surface area contributed by atoms with E-state index in [0.29, 0.717) is 6.54 Å². The number of nitrogens with one attached hydrogen (secondary N) is 1. The molecule has 1 aromatic heterocycles. The highest BCUT2D eigenvalue weighted by molar-refractivity contribution is 5.45. The first-order valence-electron chi connectivity index (χ1n) is 6.77. The van der Waals surface area contributed by atoms with Gasteiger partial charge in [-0.3, -0.25) is 0 Å². The summed E-state index contributed by atoms with van der Waals surface area (Å²) in [5, 5.41) is 13.4. The molecule has 2 N–H and O–H groups in total. The molecule has 0 aliphatic carbocycles. The predicted octanol–water partition coefficient (Wildman–Crippen LogP) is 2.86. The second-order valence-electron chi connectivity index (χ2n) is 5.14. The number of rotatable bonds is 4. The Labute approximate surface area is 119 Å². The Kier molecular flexibility index (Phi) is 4.35. The van der Waals surface area contributed by atoms with Crippen molar-refractivity contribution < 1.29 is 5.11 Å². The topological polar surface area (TPSA) is 58.0 Å². The lowest BCUT2D eigenvalue weighted by Crippen LogP contribution is -2.15. The van der Waals surface area contributed by atoms with Crippen molar-refractivity contribution in [1.82, 2.24) is 9.97 Å². The number of hydrogen-bond acceptors (Lipinski definition) is 4. The third-order valence-electron chi connectivity index (χ3n) is 3.39. The number of benzene rings is 1. The van der Waals surface area contributed by atoms with Crippen molar-refractivity contribution in [2.24, 2.45) is 0 Å². The Morgan fingerprint density at radius 3 is 2.60 bits per heavy atom. The first kappa shape index (κ1) is 14.5. The highest BCUT2D eigenvalue weighted by Crippen LogP contribution is 2.18. The van der Waals surface area contributed by atoms with Gasteiger partial charge in [-0.15, -0.1) is 0 Å². The molecule has 2 aromatic rings. The molecule has 0 aliphatic heterocycles. The fourth-order valence-electron chi connectivity index (χ4n) is 2.13. The molecule has 1 aromatic carbocycles. The van der Waals surface area contributed by atoms with Crippen LogP contribution in [0.15, 0.2) is 24.3 Å². The second kappa shape index (κ2) is 6.01. The molecule has 1 unspecified atom stereocenters. The molecule has 4 heteroatoms. The van der Waals surface area contributed by atoms with Crippen molar-refractivity contribution in [3.8, 4) is 0 Å². The first-order valence-corrected chi connectivity index (χ1v) is 6.77. The fourth-order valence-corrected chi connectivity index (χ4v) is 2.13. The van der Waals surface area contributed by atoms with Gasteiger partial charge in [-0.05, 0) is 33.3 Å². The molecular weight excluding hydrogens is 250 g/mol. The van der Waals surface area contributed by atoms with E-state index in [9.17, 15) is 5.11 Å². The van der Waals surface area contributed by atoms with E-state index in [-0.39, 0.29) is 0 Å². The van der Waals surface area contributed by atoms with E-state index < -0.39 is 6.10 Å². The Bertz CT molecular complexity index is 611. The summed E-state index contributed by atoms with van der Waals surface area (Å²) in [5.74, 6) is 1.53. The standard InChI is InChI=1S/C16H21N3O/c1-10-6-5-7-14(8-10)15(20)9-17-16-11(2)12(3)18-13(4)19-16/h5-8,15,20H,9H2,1-4H3,(H,17,18,19). The lowest BCUT2D eigenvalue weighted by atomic mass is 10.1. The van der Waals surface area contributed by atoms with Gasteiger partial charge in [-0.1, -0.05) is 29.8 Å². The molecule has 0 amide bonds. The van der Waals surface area contributed by atoms with Gasteiger partial charge in [0.15, 0.2) is 0 Å². The van der Waals surface area contributed by atoms with Crippen molar-refractivity contribution in [3.05, 3.63) is 52.5 Å². The quantitative estimate of drug-likeness (QED) is 0.897. The molecule has 0 bridgehead atoms. The largest absolute Gasteiger partial charge is 0.387 e. The SMILES string of the molecule is Cc1cccc(C(O)CNc2nc(C)nc(C)c2C)c1. The van der Waals surface area contributed by atoms with E-state index >= 15 is 0 Å². The average Bonchev–Trinajstić information content (AvgIpc) is 2.40. The average molecular weight is 271 g/mol. The monoisotopic (exact) mass is 271 g/mol. The van der Waals surface area contributed by atoms with Gasteiger partial charge in [-0.25, -0.2) is 9.97 Å². The molecule has 2 rings (SSSR count). The molecule has 1 atom stereocenters. The van der Waals surface area contributed by atoms with Gasteiger partial charge in [0.05, 0.1) is 6.10 Å². The maximum Gasteiger partial charge on any atom is 0.132 e. The Balaban J connectivity index is 2.09. The lowest BCUT2D eigenvalue weighted by molar-refractivity contribution is 0.191. The summed E-state index contributed by atoms with van der Waals surface area (Å²) in [6, 6.07) is 7.90. The summed E-state index contributed by atoms with van der Waals surface area (Å²) < 4.78 is 0. The van der Waals surface area contributed by atoms with Crippen LogP contribution >= 0.6 is 0 Å². The highest BCUT2D eigenvalue weighted by Gasteiger charge is 2.10. The first-order chi connectivity index (χ1) is 9.47. The van der Waals surface area contributed by atoms with Crippen LogP contribution in [0.2, 0.25) is 0 Å². The smallest absolute Gasteiger partial charge is 0.132 e. The zero-order valence-electron chi connectivity index (χ0n) is 12.4. The molecular formula is C16H21N3O. The molecule has 0 saturated heterocycles. The van der Waals surface area contributed by atoms with Gasteiger partial charge >= 0.3 is 0 Å². The Morgan fingerprint density at radius 1 is 1.15 bits per heavy atom. The van der Waals surface area contributed by atoms with Gasteiger partial charge in [0.2, 0.25) is 0 Å². The molecule has 1 heterocycles. The molecule has 0 fully saturated rings. The number of aliphatic hydroxyl groups excluding tert-OH is 1. The van der Waals surface area contributed by atoms with E-state index in [0.717, 1.165) is 34.0 Å². The predicted molar refractivity (Wildman–Crippen MR) is 80.9 cm³/mol. The minimum absolute atomic E-state index is 0.431. The van der Waals surface area contributed by atoms with Crippen molar-refractivity contribution in [1.29, 1.82) is 0 Å². The van der Waals surface area contributed by atoms with Crippen LogP contribution in [0.1, 0.15) is 34.3 Å². The summed E-state index contributed by atoms with van der Waals surface area (Å²) in [4.78, 5) is 8.70. The maximum absolute atomic E-state index is 10.2. The number of aromatic nitrogens is 2. The molecule has 4 nitrogen and oxygen atoms in total. The van der Waals surface area contributed by atoms with Crippen molar-refractivity contribution >= 4 is 5.82 Å². The maximum atomic E-state index is 10.2. The summed E-state index contributed by atoms with van der Waals surface area (Å²) in [6.07, 6.45) is -0.551. The highest BCUT2D eigenvalue weighted by atomic mass is 16.3. The van der Waals surface area contributed by atoms with Gasteiger partial charge in [0.25, 0.3) is 0 Å². The number of nitrogens with zero attached hydrogens (tertiary/aromatic N) is 2. The fraction of sp³-hybridized carbons (Fsp3) is 0.375. The van der Waals surface area contributed by atoms with Crippen LogP contribution in [-0.4, -0.2) is 21.6 Å².